The molecule has 0 spiro atoms. The predicted octanol–water partition coefficient (Wildman–Crippen LogP) is 5.05. The highest BCUT2D eigenvalue weighted by molar-refractivity contribution is 7.15. The van der Waals surface area contributed by atoms with Crippen LogP contribution in [0.4, 0.5) is 5.13 Å². The largest absolute Gasteiger partial charge is 0.296 e. The van der Waals surface area contributed by atoms with Gasteiger partial charge in [-0.3, -0.25) is 10.1 Å². The van der Waals surface area contributed by atoms with E-state index >= 15 is 0 Å². The van der Waals surface area contributed by atoms with Crippen molar-refractivity contribution in [2.75, 3.05) is 5.32 Å². The van der Waals surface area contributed by atoms with E-state index in [-0.39, 0.29) is 5.91 Å². The molecule has 1 N–H and O–H groups in total. The van der Waals surface area contributed by atoms with Crippen LogP contribution in [0.3, 0.4) is 0 Å². The summed E-state index contributed by atoms with van der Waals surface area (Å²) in [6.07, 6.45) is 4.81. The lowest BCUT2D eigenvalue weighted by Crippen LogP contribution is -2.12. The number of benzene rings is 1. The van der Waals surface area contributed by atoms with Crippen LogP contribution in [0.1, 0.15) is 35.1 Å². The molecule has 0 unspecified atom stereocenters. The van der Waals surface area contributed by atoms with Crippen LogP contribution in [-0.4, -0.2) is 25.9 Å². The number of aromatic nitrogens is 4. The Kier molecular flexibility index (Phi) is 5.59. The normalized spacial score (nSPS) is 10.9. The van der Waals surface area contributed by atoms with Crippen LogP contribution in [0.25, 0.3) is 16.3 Å². The number of aryl methyl sites for hydroxylation is 1. The summed E-state index contributed by atoms with van der Waals surface area (Å²) in [6, 6.07) is 13.7. The van der Waals surface area contributed by atoms with Crippen LogP contribution in [0.2, 0.25) is 0 Å². The van der Waals surface area contributed by atoms with Crippen LogP contribution < -0.4 is 5.32 Å². The lowest BCUT2D eigenvalue weighted by atomic mass is 10.2. The van der Waals surface area contributed by atoms with Gasteiger partial charge in [0.05, 0.1) is 16.1 Å². The third-order valence-electron chi connectivity index (χ3n) is 4.17. The third kappa shape index (κ3) is 4.02. The van der Waals surface area contributed by atoms with Crippen molar-refractivity contribution in [3.05, 3.63) is 64.6 Å². The van der Waals surface area contributed by atoms with E-state index in [9.17, 15) is 4.79 Å². The Labute approximate surface area is 170 Å². The number of nitrogens with zero attached hydrogens (tertiary/aromatic N) is 4. The number of thiophene rings is 1. The van der Waals surface area contributed by atoms with Gasteiger partial charge in [0.15, 0.2) is 0 Å². The molecule has 0 radical (unpaired) electrons. The number of amides is 1. The van der Waals surface area contributed by atoms with Gasteiger partial charge in [-0.25, -0.2) is 4.68 Å². The molecular weight excluding hydrogens is 390 g/mol. The molecule has 0 atom stereocenters. The van der Waals surface area contributed by atoms with Crippen molar-refractivity contribution in [1.82, 2.24) is 20.0 Å². The highest BCUT2D eigenvalue weighted by atomic mass is 32.1. The number of hydrogen-bond acceptors (Lipinski definition) is 6. The first-order chi connectivity index (χ1) is 13.7. The fraction of sp³-hybridized carbons (Fsp3) is 0.200. The Morgan fingerprint density at radius 3 is 2.75 bits per heavy atom. The molecule has 0 saturated heterocycles. The van der Waals surface area contributed by atoms with Gasteiger partial charge in [-0.05, 0) is 30.0 Å². The molecule has 1 amide bonds. The second-order valence-corrected chi connectivity index (χ2v) is 8.22. The molecule has 0 bridgehead atoms. The van der Waals surface area contributed by atoms with Crippen LogP contribution >= 0.6 is 22.7 Å². The maximum Gasteiger partial charge on any atom is 0.261 e. The SMILES string of the molecule is CCCCc1nnc(NC(=O)c2cn(-c3ccccc3)nc2-c2cccs2)s1. The van der Waals surface area contributed by atoms with E-state index in [4.69, 9.17) is 0 Å². The summed E-state index contributed by atoms with van der Waals surface area (Å²) in [7, 11) is 0. The molecule has 0 aliphatic rings. The molecular formula is C20H19N5OS2. The van der Waals surface area contributed by atoms with E-state index in [1.165, 1.54) is 11.3 Å². The van der Waals surface area contributed by atoms with E-state index in [2.05, 4.69) is 27.5 Å². The molecule has 3 heterocycles. The van der Waals surface area contributed by atoms with Gasteiger partial charge in [0.1, 0.15) is 10.7 Å². The third-order valence-corrected chi connectivity index (χ3v) is 5.94. The summed E-state index contributed by atoms with van der Waals surface area (Å²) < 4.78 is 1.73. The van der Waals surface area contributed by atoms with Crippen molar-refractivity contribution < 1.29 is 4.79 Å². The Morgan fingerprint density at radius 1 is 1.14 bits per heavy atom. The molecule has 6 nitrogen and oxygen atoms in total. The van der Waals surface area contributed by atoms with Gasteiger partial charge in [0, 0.05) is 12.6 Å². The lowest BCUT2D eigenvalue weighted by molar-refractivity contribution is 0.102. The van der Waals surface area contributed by atoms with Gasteiger partial charge in [-0.1, -0.05) is 48.9 Å². The summed E-state index contributed by atoms with van der Waals surface area (Å²) in [5.74, 6) is -0.233. The minimum absolute atomic E-state index is 0.233. The summed E-state index contributed by atoms with van der Waals surface area (Å²) >= 11 is 2.98. The highest BCUT2D eigenvalue weighted by Gasteiger charge is 2.20. The van der Waals surface area contributed by atoms with Crippen LogP contribution in [0, 0.1) is 0 Å². The first-order valence-corrected chi connectivity index (χ1v) is 10.8. The van der Waals surface area contributed by atoms with E-state index in [0.29, 0.717) is 16.4 Å². The summed E-state index contributed by atoms with van der Waals surface area (Å²) in [5, 5.41) is 19.2. The number of nitrogens with one attached hydrogen (secondary N) is 1. The van der Waals surface area contributed by atoms with E-state index in [1.54, 1.807) is 22.2 Å². The number of unbranched alkanes of at least 4 members (excludes halogenated alkanes) is 1. The molecule has 142 valence electrons. The molecule has 0 aliphatic carbocycles. The zero-order valence-corrected chi connectivity index (χ0v) is 17.0. The Morgan fingerprint density at radius 2 is 2.00 bits per heavy atom. The predicted molar refractivity (Wildman–Crippen MR) is 113 cm³/mol. The quantitative estimate of drug-likeness (QED) is 0.464. The van der Waals surface area contributed by atoms with Crippen molar-refractivity contribution in [2.24, 2.45) is 0 Å². The van der Waals surface area contributed by atoms with E-state index < -0.39 is 0 Å². The smallest absolute Gasteiger partial charge is 0.261 e. The molecule has 4 aromatic rings. The first-order valence-electron chi connectivity index (χ1n) is 9.07. The number of carbonyl (C=O) groups excluding carboxylic acids is 1. The van der Waals surface area contributed by atoms with Crippen LogP contribution in [-0.2, 0) is 6.42 Å². The topological polar surface area (TPSA) is 72.7 Å². The van der Waals surface area contributed by atoms with Gasteiger partial charge in [0.2, 0.25) is 5.13 Å². The molecule has 3 aromatic heterocycles. The first kappa shape index (κ1) is 18.5. The minimum atomic E-state index is -0.233. The number of anilines is 1. The van der Waals surface area contributed by atoms with Gasteiger partial charge in [0.25, 0.3) is 5.91 Å². The van der Waals surface area contributed by atoms with E-state index in [1.807, 2.05) is 47.8 Å². The van der Waals surface area contributed by atoms with Crippen molar-refractivity contribution in [3.8, 4) is 16.3 Å². The zero-order chi connectivity index (χ0) is 19.3. The minimum Gasteiger partial charge on any atom is -0.296 e. The van der Waals surface area contributed by atoms with Crippen molar-refractivity contribution in [1.29, 1.82) is 0 Å². The summed E-state index contributed by atoms with van der Waals surface area (Å²) in [6.45, 7) is 2.14. The number of hydrogen-bond donors (Lipinski definition) is 1. The molecule has 8 heteroatoms. The number of rotatable bonds is 7. The van der Waals surface area contributed by atoms with Gasteiger partial charge in [-0.15, -0.1) is 21.5 Å². The van der Waals surface area contributed by atoms with Gasteiger partial charge in [-0.2, -0.15) is 5.10 Å². The Hall–Kier alpha value is -2.84. The monoisotopic (exact) mass is 409 g/mol. The van der Waals surface area contributed by atoms with E-state index in [0.717, 1.165) is 34.8 Å². The van der Waals surface area contributed by atoms with Crippen molar-refractivity contribution in [3.63, 3.8) is 0 Å². The van der Waals surface area contributed by atoms with Crippen molar-refractivity contribution in [2.45, 2.75) is 26.2 Å². The highest BCUT2D eigenvalue weighted by Crippen LogP contribution is 2.29. The summed E-state index contributed by atoms with van der Waals surface area (Å²) in [5.41, 5.74) is 2.07. The van der Waals surface area contributed by atoms with Gasteiger partial charge >= 0.3 is 0 Å². The zero-order valence-electron chi connectivity index (χ0n) is 15.3. The van der Waals surface area contributed by atoms with Crippen LogP contribution in [0.15, 0.2) is 54.0 Å². The molecule has 4 rings (SSSR count). The summed E-state index contributed by atoms with van der Waals surface area (Å²) in [4.78, 5) is 13.9. The lowest BCUT2D eigenvalue weighted by Gasteiger charge is -2.00. The average Bonchev–Trinajstić information content (AvgIpc) is 3.47. The Bertz CT molecular complexity index is 1050. The Balaban J connectivity index is 1.63. The molecule has 0 aliphatic heterocycles. The molecule has 0 fully saturated rings. The number of carbonyl (C=O) groups is 1. The second kappa shape index (κ2) is 8.45. The second-order valence-electron chi connectivity index (χ2n) is 6.21. The number of para-hydroxylation sites is 1. The molecule has 28 heavy (non-hydrogen) atoms. The van der Waals surface area contributed by atoms with Gasteiger partial charge < -0.3 is 0 Å². The molecule has 1 aromatic carbocycles. The standard InChI is InChI=1S/C20H19N5OS2/c1-2-3-11-17-22-23-20(28-17)21-19(26)15-13-25(14-8-5-4-6-9-14)24-18(15)16-10-7-12-27-16/h4-10,12-13H,2-3,11H2,1H3,(H,21,23,26). The average molecular weight is 410 g/mol. The fourth-order valence-electron chi connectivity index (χ4n) is 2.75. The fourth-order valence-corrected chi connectivity index (χ4v) is 4.25. The maximum absolute atomic E-state index is 13.0. The van der Waals surface area contributed by atoms with Crippen molar-refractivity contribution >= 4 is 33.7 Å². The molecule has 0 saturated carbocycles. The maximum atomic E-state index is 13.0. The van der Waals surface area contributed by atoms with Crippen LogP contribution in [0.5, 0.6) is 0 Å².